The maximum Gasteiger partial charge on any atom is 0.160 e. The first kappa shape index (κ1) is 12.1. The highest BCUT2D eigenvalue weighted by Gasteiger charge is 2.39. The molecule has 2 aliphatic rings. The molecular weight excluding hydrogens is 226 g/mol. The molecule has 0 aromatic carbocycles. The summed E-state index contributed by atoms with van der Waals surface area (Å²) in [5.41, 5.74) is 3.47. The Morgan fingerprint density at radius 2 is 2.00 bits per heavy atom. The lowest BCUT2D eigenvalue weighted by molar-refractivity contribution is -0.0166. The number of nitrogens with one attached hydrogen (secondary N) is 1. The molecule has 1 aliphatic heterocycles. The molecule has 2 heterocycles. The van der Waals surface area contributed by atoms with Crippen LogP contribution in [-0.4, -0.2) is 17.1 Å². The third-order valence-electron chi connectivity index (χ3n) is 4.32. The summed E-state index contributed by atoms with van der Waals surface area (Å²) < 4.78 is 5.80. The lowest BCUT2D eigenvalue weighted by atomic mass is 10.00. The van der Waals surface area contributed by atoms with Crippen molar-refractivity contribution in [1.82, 2.24) is 15.3 Å². The molecule has 0 saturated heterocycles. The molecule has 1 saturated carbocycles. The average molecular weight is 247 g/mol. The number of methoxy groups -OCH3 is 1. The van der Waals surface area contributed by atoms with E-state index in [2.05, 4.69) is 12.2 Å². The number of fused-ring (bicyclic) bond motifs is 1. The van der Waals surface area contributed by atoms with Crippen LogP contribution in [0.3, 0.4) is 0 Å². The summed E-state index contributed by atoms with van der Waals surface area (Å²) in [5, 5.41) is 3.37. The fraction of sp³-hybridized carbons (Fsp3) is 0.714. The lowest BCUT2D eigenvalue weighted by Crippen LogP contribution is -2.28. The Kier molecular flexibility index (Phi) is 3.08. The maximum absolute atomic E-state index is 5.80. The molecule has 98 valence electrons. The Morgan fingerprint density at radius 3 is 2.67 bits per heavy atom. The third kappa shape index (κ3) is 1.75. The summed E-state index contributed by atoms with van der Waals surface area (Å²) >= 11 is 0. The third-order valence-corrected chi connectivity index (χ3v) is 4.32. The quantitative estimate of drug-likeness (QED) is 0.888. The summed E-state index contributed by atoms with van der Waals surface area (Å²) in [7, 11) is 1.80. The van der Waals surface area contributed by atoms with E-state index in [1.54, 1.807) is 7.11 Å². The van der Waals surface area contributed by atoms with Crippen molar-refractivity contribution in [3.05, 3.63) is 22.8 Å². The van der Waals surface area contributed by atoms with Crippen LogP contribution in [0.4, 0.5) is 0 Å². The minimum Gasteiger partial charge on any atom is -0.370 e. The van der Waals surface area contributed by atoms with Crippen molar-refractivity contribution in [2.45, 2.75) is 57.7 Å². The van der Waals surface area contributed by atoms with E-state index in [9.17, 15) is 0 Å². The van der Waals surface area contributed by atoms with Gasteiger partial charge in [0, 0.05) is 31.5 Å². The highest BCUT2D eigenvalue weighted by Crippen LogP contribution is 2.40. The lowest BCUT2D eigenvalue weighted by Gasteiger charge is -2.26. The van der Waals surface area contributed by atoms with Crippen molar-refractivity contribution in [3.63, 3.8) is 0 Å². The standard InChI is InChI=1S/C14H21N3O/c1-3-11-10-8-15-9-12(10)17-13(16-11)14(18-2)6-4-5-7-14/h15H,3-9H2,1-2H3. The maximum atomic E-state index is 5.80. The summed E-state index contributed by atoms with van der Waals surface area (Å²) in [5.74, 6) is 0.918. The van der Waals surface area contributed by atoms with Crippen LogP contribution in [0.2, 0.25) is 0 Å². The summed E-state index contributed by atoms with van der Waals surface area (Å²) in [6.45, 7) is 3.95. The van der Waals surface area contributed by atoms with Crippen LogP contribution < -0.4 is 5.32 Å². The zero-order valence-corrected chi connectivity index (χ0v) is 11.3. The van der Waals surface area contributed by atoms with Crippen molar-refractivity contribution in [2.24, 2.45) is 0 Å². The molecule has 0 radical (unpaired) electrons. The van der Waals surface area contributed by atoms with Crippen molar-refractivity contribution < 1.29 is 4.74 Å². The van der Waals surface area contributed by atoms with Crippen LogP contribution >= 0.6 is 0 Å². The molecule has 1 aliphatic carbocycles. The van der Waals surface area contributed by atoms with Crippen LogP contribution in [0.15, 0.2) is 0 Å². The van der Waals surface area contributed by atoms with Crippen molar-refractivity contribution in [2.75, 3.05) is 7.11 Å². The van der Waals surface area contributed by atoms with Gasteiger partial charge in [-0.25, -0.2) is 9.97 Å². The largest absolute Gasteiger partial charge is 0.370 e. The molecule has 0 amide bonds. The number of aryl methyl sites for hydroxylation is 1. The average Bonchev–Trinajstić information content (AvgIpc) is 3.06. The van der Waals surface area contributed by atoms with Gasteiger partial charge >= 0.3 is 0 Å². The molecule has 0 unspecified atom stereocenters. The minimum atomic E-state index is -0.221. The zero-order chi connectivity index (χ0) is 12.6. The Morgan fingerprint density at radius 1 is 1.22 bits per heavy atom. The van der Waals surface area contributed by atoms with Crippen LogP contribution in [0.25, 0.3) is 0 Å². The van der Waals surface area contributed by atoms with Gasteiger partial charge in [0.2, 0.25) is 0 Å². The van der Waals surface area contributed by atoms with Crippen molar-refractivity contribution >= 4 is 0 Å². The Balaban J connectivity index is 2.07. The number of aromatic nitrogens is 2. The van der Waals surface area contributed by atoms with Gasteiger partial charge in [-0.15, -0.1) is 0 Å². The highest BCUT2D eigenvalue weighted by atomic mass is 16.5. The smallest absolute Gasteiger partial charge is 0.160 e. The van der Waals surface area contributed by atoms with Gasteiger partial charge < -0.3 is 10.1 Å². The topological polar surface area (TPSA) is 47.0 Å². The van der Waals surface area contributed by atoms with E-state index in [1.807, 2.05) is 0 Å². The fourth-order valence-electron chi connectivity index (χ4n) is 3.20. The second-order valence-corrected chi connectivity index (χ2v) is 5.28. The molecular formula is C14H21N3O. The van der Waals surface area contributed by atoms with Crippen LogP contribution in [0, 0.1) is 0 Å². The summed E-state index contributed by atoms with van der Waals surface area (Å²) in [4.78, 5) is 9.60. The molecule has 18 heavy (non-hydrogen) atoms. The van der Waals surface area contributed by atoms with E-state index < -0.39 is 0 Å². The first-order valence-electron chi connectivity index (χ1n) is 6.94. The summed E-state index contributed by atoms with van der Waals surface area (Å²) in [6.07, 6.45) is 5.51. The predicted octanol–water partition coefficient (Wildman–Crippen LogP) is 2.06. The van der Waals surface area contributed by atoms with E-state index in [0.717, 1.165) is 38.2 Å². The highest BCUT2D eigenvalue weighted by molar-refractivity contribution is 5.30. The first-order valence-corrected chi connectivity index (χ1v) is 6.94. The molecule has 1 aromatic rings. The number of ether oxygens (including phenoxy) is 1. The van der Waals surface area contributed by atoms with Gasteiger partial charge in [-0.1, -0.05) is 6.92 Å². The molecule has 4 heteroatoms. The Hall–Kier alpha value is -1.00. The fourth-order valence-corrected chi connectivity index (χ4v) is 3.20. The SMILES string of the molecule is CCc1nc(C2(OC)CCCC2)nc2c1CNC2. The predicted molar refractivity (Wildman–Crippen MR) is 69.1 cm³/mol. The zero-order valence-electron chi connectivity index (χ0n) is 11.3. The first-order chi connectivity index (χ1) is 8.79. The van der Waals surface area contributed by atoms with Crippen molar-refractivity contribution in [1.29, 1.82) is 0 Å². The van der Waals surface area contributed by atoms with Crippen LogP contribution in [0.1, 0.15) is 55.4 Å². The summed E-state index contributed by atoms with van der Waals surface area (Å²) in [6, 6.07) is 0. The van der Waals surface area contributed by atoms with Gasteiger partial charge in [-0.2, -0.15) is 0 Å². The second-order valence-electron chi connectivity index (χ2n) is 5.28. The Bertz CT molecular complexity index is 453. The Labute approximate surface area is 108 Å². The molecule has 1 N–H and O–H groups in total. The van der Waals surface area contributed by atoms with Gasteiger partial charge in [0.05, 0.1) is 5.69 Å². The van der Waals surface area contributed by atoms with E-state index in [4.69, 9.17) is 14.7 Å². The number of nitrogens with zero attached hydrogens (tertiary/aromatic N) is 2. The number of hydrogen-bond donors (Lipinski definition) is 1. The molecule has 1 fully saturated rings. The van der Waals surface area contributed by atoms with Crippen LogP contribution in [0.5, 0.6) is 0 Å². The molecule has 0 bridgehead atoms. The monoisotopic (exact) mass is 247 g/mol. The van der Waals surface area contributed by atoms with E-state index in [1.165, 1.54) is 29.8 Å². The second kappa shape index (κ2) is 4.59. The van der Waals surface area contributed by atoms with Crippen molar-refractivity contribution in [3.8, 4) is 0 Å². The molecule has 0 spiro atoms. The number of rotatable bonds is 3. The van der Waals surface area contributed by atoms with Gasteiger partial charge in [0.1, 0.15) is 5.60 Å². The molecule has 3 rings (SSSR count). The van der Waals surface area contributed by atoms with Gasteiger partial charge in [0.15, 0.2) is 5.82 Å². The minimum absolute atomic E-state index is 0.221. The van der Waals surface area contributed by atoms with Gasteiger partial charge in [-0.3, -0.25) is 0 Å². The van der Waals surface area contributed by atoms with Gasteiger partial charge in [0.25, 0.3) is 0 Å². The van der Waals surface area contributed by atoms with E-state index >= 15 is 0 Å². The normalized spacial score (nSPS) is 21.2. The number of hydrogen-bond acceptors (Lipinski definition) is 4. The van der Waals surface area contributed by atoms with Gasteiger partial charge in [-0.05, 0) is 32.1 Å². The molecule has 1 aromatic heterocycles. The molecule has 0 atom stereocenters. The van der Waals surface area contributed by atoms with Crippen LogP contribution in [-0.2, 0) is 29.8 Å². The van der Waals surface area contributed by atoms with E-state index in [-0.39, 0.29) is 5.60 Å². The molecule has 4 nitrogen and oxygen atoms in total. The van der Waals surface area contributed by atoms with E-state index in [0.29, 0.717) is 0 Å².